The molecule has 3 aliphatic rings. The number of fused-ring (bicyclic) bond motifs is 1. The first kappa shape index (κ1) is 22.3. The third-order valence-electron chi connectivity index (χ3n) is 7.72. The van der Waals surface area contributed by atoms with Gasteiger partial charge in [-0.3, -0.25) is 14.4 Å². The van der Waals surface area contributed by atoms with Crippen molar-refractivity contribution in [2.24, 2.45) is 11.3 Å². The molecule has 3 N–H and O–H groups in total. The fraction of sp³-hybridized carbons (Fsp3) is 0.520. The Labute approximate surface area is 197 Å². The van der Waals surface area contributed by atoms with Gasteiger partial charge in [-0.2, -0.15) is 5.26 Å². The molecule has 1 unspecified atom stereocenters. The van der Waals surface area contributed by atoms with Crippen molar-refractivity contribution in [3.05, 3.63) is 30.0 Å². The van der Waals surface area contributed by atoms with E-state index in [2.05, 4.69) is 21.7 Å². The predicted octanol–water partition coefficient (Wildman–Crippen LogP) is 2.10. The molecule has 5 rings (SSSR count). The number of nitrogens with one attached hydrogen (secondary N) is 3. The van der Waals surface area contributed by atoms with Gasteiger partial charge in [0.1, 0.15) is 23.5 Å². The molecule has 2 aromatic rings. The normalized spacial score (nSPS) is 23.9. The average Bonchev–Trinajstić information content (AvgIpc) is 3.54. The SMILES string of the molecule is COc1cccc2[nH]c(C(=O)N3CC4(CCC4)C[C@H]3C(=O)NC(C#N)C[C@@H]3CCNC3=O)cc12. The number of hydrogen-bond donors (Lipinski definition) is 3. The Morgan fingerprint density at radius 3 is 2.85 bits per heavy atom. The van der Waals surface area contributed by atoms with Gasteiger partial charge in [0.15, 0.2) is 0 Å². The van der Waals surface area contributed by atoms with Crippen molar-refractivity contribution in [1.29, 1.82) is 5.26 Å². The van der Waals surface area contributed by atoms with E-state index < -0.39 is 12.1 Å². The summed E-state index contributed by atoms with van der Waals surface area (Å²) in [7, 11) is 1.59. The molecule has 1 aromatic carbocycles. The maximum Gasteiger partial charge on any atom is 0.271 e. The van der Waals surface area contributed by atoms with E-state index in [1.54, 1.807) is 18.1 Å². The number of amides is 3. The second kappa shape index (κ2) is 8.67. The summed E-state index contributed by atoms with van der Waals surface area (Å²) in [6.07, 6.45) is 4.61. The van der Waals surface area contributed by atoms with E-state index in [9.17, 15) is 19.6 Å². The van der Waals surface area contributed by atoms with Crippen LogP contribution in [-0.2, 0) is 9.59 Å². The van der Waals surface area contributed by atoms with Crippen molar-refractivity contribution in [1.82, 2.24) is 20.5 Å². The number of carbonyl (C=O) groups is 3. The summed E-state index contributed by atoms with van der Waals surface area (Å²) in [5, 5.41) is 16.0. The molecule has 1 aromatic heterocycles. The van der Waals surface area contributed by atoms with Crippen LogP contribution in [0.4, 0.5) is 0 Å². The molecule has 178 valence electrons. The number of carbonyl (C=O) groups excluding carboxylic acids is 3. The van der Waals surface area contributed by atoms with Crippen molar-refractivity contribution in [3.63, 3.8) is 0 Å². The van der Waals surface area contributed by atoms with Gasteiger partial charge >= 0.3 is 0 Å². The van der Waals surface area contributed by atoms with E-state index in [-0.39, 0.29) is 35.5 Å². The minimum Gasteiger partial charge on any atom is -0.496 e. The summed E-state index contributed by atoms with van der Waals surface area (Å²) in [4.78, 5) is 43.7. The fourth-order valence-electron chi connectivity index (χ4n) is 5.68. The van der Waals surface area contributed by atoms with E-state index in [0.717, 1.165) is 30.2 Å². The van der Waals surface area contributed by atoms with Crippen LogP contribution in [0, 0.1) is 22.7 Å². The van der Waals surface area contributed by atoms with Gasteiger partial charge < -0.3 is 25.3 Å². The Bertz CT molecular complexity index is 1180. The third-order valence-corrected chi connectivity index (χ3v) is 7.72. The minimum absolute atomic E-state index is 0.0329. The number of H-pyrrole nitrogens is 1. The van der Waals surface area contributed by atoms with Crippen LogP contribution >= 0.6 is 0 Å². The molecule has 1 saturated carbocycles. The smallest absolute Gasteiger partial charge is 0.271 e. The van der Waals surface area contributed by atoms with Gasteiger partial charge in [-0.1, -0.05) is 12.5 Å². The number of nitriles is 1. The summed E-state index contributed by atoms with van der Waals surface area (Å²) in [5.74, 6) is -0.228. The number of nitrogens with zero attached hydrogens (tertiary/aromatic N) is 2. The lowest BCUT2D eigenvalue weighted by Crippen LogP contribution is -2.49. The number of likely N-dealkylation sites (tertiary alicyclic amines) is 1. The van der Waals surface area contributed by atoms with Gasteiger partial charge in [0.05, 0.1) is 13.2 Å². The minimum atomic E-state index is -0.770. The zero-order valence-electron chi connectivity index (χ0n) is 19.2. The molecule has 1 spiro atoms. The van der Waals surface area contributed by atoms with Crippen LogP contribution in [0.5, 0.6) is 5.75 Å². The lowest BCUT2D eigenvalue weighted by molar-refractivity contribution is -0.126. The Morgan fingerprint density at radius 1 is 1.38 bits per heavy atom. The third kappa shape index (κ3) is 3.87. The van der Waals surface area contributed by atoms with Crippen LogP contribution in [0.25, 0.3) is 10.9 Å². The number of benzene rings is 1. The van der Waals surface area contributed by atoms with Gasteiger partial charge in [0.2, 0.25) is 11.8 Å². The first-order valence-electron chi connectivity index (χ1n) is 11.9. The molecule has 0 radical (unpaired) electrons. The molecule has 34 heavy (non-hydrogen) atoms. The van der Waals surface area contributed by atoms with E-state index in [1.165, 1.54) is 0 Å². The van der Waals surface area contributed by atoms with Crippen LogP contribution in [0.1, 0.15) is 49.0 Å². The molecular weight excluding hydrogens is 434 g/mol. The topological polar surface area (TPSA) is 127 Å². The first-order valence-corrected chi connectivity index (χ1v) is 11.9. The molecular formula is C25H29N5O4. The second-order valence-electron chi connectivity index (χ2n) is 9.81. The molecule has 2 saturated heterocycles. The maximum absolute atomic E-state index is 13.6. The highest BCUT2D eigenvalue weighted by molar-refractivity contribution is 6.02. The zero-order chi connectivity index (χ0) is 23.9. The maximum atomic E-state index is 13.6. The van der Waals surface area contributed by atoms with E-state index >= 15 is 0 Å². The lowest BCUT2D eigenvalue weighted by Gasteiger charge is -2.37. The van der Waals surface area contributed by atoms with Gasteiger partial charge in [0, 0.05) is 29.9 Å². The largest absolute Gasteiger partial charge is 0.496 e. The van der Waals surface area contributed by atoms with Crippen molar-refractivity contribution in [3.8, 4) is 11.8 Å². The summed E-state index contributed by atoms with van der Waals surface area (Å²) in [6.45, 7) is 1.12. The summed E-state index contributed by atoms with van der Waals surface area (Å²) < 4.78 is 5.42. The molecule has 3 amide bonds. The molecule has 3 fully saturated rings. The fourth-order valence-corrected chi connectivity index (χ4v) is 5.68. The number of hydrogen-bond acceptors (Lipinski definition) is 5. The number of aromatic nitrogens is 1. The molecule has 9 nitrogen and oxygen atoms in total. The Morgan fingerprint density at radius 2 is 2.21 bits per heavy atom. The summed E-state index contributed by atoms with van der Waals surface area (Å²) in [5.41, 5.74) is 1.17. The average molecular weight is 464 g/mol. The molecule has 3 heterocycles. The molecule has 2 aliphatic heterocycles. The predicted molar refractivity (Wildman–Crippen MR) is 124 cm³/mol. The van der Waals surface area contributed by atoms with Crippen molar-refractivity contribution in [2.45, 2.75) is 50.6 Å². The van der Waals surface area contributed by atoms with Crippen LogP contribution in [-0.4, -0.2) is 59.9 Å². The van der Waals surface area contributed by atoms with Gasteiger partial charge in [0.25, 0.3) is 5.91 Å². The number of aromatic amines is 1. The highest BCUT2D eigenvalue weighted by atomic mass is 16.5. The van der Waals surface area contributed by atoms with Crippen LogP contribution in [0.3, 0.4) is 0 Å². The van der Waals surface area contributed by atoms with E-state index in [0.29, 0.717) is 37.4 Å². The molecule has 9 heteroatoms. The first-order chi connectivity index (χ1) is 16.4. The Balaban J connectivity index is 1.36. The van der Waals surface area contributed by atoms with Gasteiger partial charge in [-0.15, -0.1) is 0 Å². The number of methoxy groups -OCH3 is 1. The van der Waals surface area contributed by atoms with Gasteiger partial charge in [-0.05, 0) is 55.7 Å². The quantitative estimate of drug-likeness (QED) is 0.605. The monoisotopic (exact) mass is 463 g/mol. The number of rotatable bonds is 6. The number of ether oxygens (including phenoxy) is 1. The van der Waals surface area contributed by atoms with E-state index in [1.807, 2.05) is 18.2 Å². The van der Waals surface area contributed by atoms with Crippen molar-refractivity contribution < 1.29 is 19.1 Å². The van der Waals surface area contributed by atoms with Gasteiger partial charge in [-0.25, -0.2) is 0 Å². The van der Waals surface area contributed by atoms with E-state index in [4.69, 9.17) is 4.74 Å². The summed E-state index contributed by atoms with van der Waals surface area (Å²) >= 11 is 0. The van der Waals surface area contributed by atoms with Crippen molar-refractivity contribution >= 4 is 28.6 Å². The van der Waals surface area contributed by atoms with Crippen LogP contribution < -0.4 is 15.4 Å². The molecule has 0 bridgehead atoms. The second-order valence-corrected chi connectivity index (χ2v) is 9.81. The zero-order valence-corrected chi connectivity index (χ0v) is 19.2. The van der Waals surface area contributed by atoms with Crippen LogP contribution in [0.2, 0.25) is 0 Å². The standard InChI is InChI=1S/C25H29N5O4/c1-34-21-5-2-4-18-17(21)11-19(29-18)24(33)30-14-25(7-3-8-25)12-20(30)23(32)28-16(13-26)10-15-6-9-27-22(15)31/h2,4-5,11,15-16,20,29H,3,6-10,12,14H2,1H3,(H,27,31)(H,28,32)/t15-,16?,20-/m0/s1. The Kier molecular flexibility index (Phi) is 5.68. The highest BCUT2D eigenvalue weighted by Gasteiger charge is 2.52. The van der Waals surface area contributed by atoms with Crippen molar-refractivity contribution in [2.75, 3.05) is 20.2 Å². The lowest BCUT2D eigenvalue weighted by atomic mass is 9.67. The Hall–Kier alpha value is -3.54. The molecule has 3 atom stereocenters. The van der Waals surface area contributed by atoms with Crippen LogP contribution in [0.15, 0.2) is 24.3 Å². The molecule has 1 aliphatic carbocycles. The summed E-state index contributed by atoms with van der Waals surface area (Å²) in [6, 6.07) is 8.06. The highest BCUT2D eigenvalue weighted by Crippen LogP contribution is 2.50.